The number of halogens is 2. The fraction of sp³-hybridized carbons (Fsp3) is 0.467. The number of likely N-dealkylation sites (tertiary alicyclic amines) is 1. The molecule has 6 heteroatoms. The SMILES string of the molecule is O=C1COC2CCN(C(=O)CCc3ccc(Cl)c(Cl)c3)C12. The summed E-state index contributed by atoms with van der Waals surface area (Å²) in [7, 11) is 0. The molecule has 2 heterocycles. The van der Waals surface area contributed by atoms with Crippen molar-refractivity contribution >= 4 is 34.9 Å². The molecule has 2 aliphatic heterocycles. The van der Waals surface area contributed by atoms with Gasteiger partial charge in [0.1, 0.15) is 12.6 Å². The fourth-order valence-electron chi connectivity index (χ4n) is 2.96. The summed E-state index contributed by atoms with van der Waals surface area (Å²) in [4.78, 5) is 25.8. The first-order valence-corrected chi connectivity index (χ1v) is 7.69. The Morgan fingerprint density at radius 2 is 2.14 bits per heavy atom. The standard InChI is InChI=1S/C15H15Cl2NO3/c16-10-3-1-9(7-11(10)17)2-4-14(20)18-6-5-13-15(18)12(19)8-21-13/h1,3,7,13,15H,2,4-6,8H2. The Morgan fingerprint density at radius 1 is 1.33 bits per heavy atom. The Kier molecular flexibility index (Phi) is 4.20. The number of carbonyl (C=O) groups excluding carboxylic acids is 2. The molecule has 112 valence electrons. The molecule has 0 radical (unpaired) electrons. The number of carbonyl (C=O) groups is 2. The zero-order chi connectivity index (χ0) is 15.0. The second-order valence-electron chi connectivity index (χ2n) is 5.38. The first-order valence-electron chi connectivity index (χ1n) is 6.94. The highest BCUT2D eigenvalue weighted by Crippen LogP contribution is 2.28. The van der Waals surface area contributed by atoms with E-state index in [2.05, 4.69) is 0 Å². The Morgan fingerprint density at radius 3 is 2.90 bits per heavy atom. The highest BCUT2D eigenvalue weighted by atomic mass is 35.5. The second-order valence-corrected chi connectivity index (χ2v) is 6.20. The van der Waals surface area contributed by atoms with Crippen LogP contribution in [0.1, 0.15) is 18.4 Å². The third-order valence-electron chi connectivity index (χ3n) is 4.04. The molecule has 2 atom stereocenters. The predicted molar refractivity (Wildman–Crippen MR) is 79.6 cm³/mol. The Hall–Kier alpha value is -1.10. The van der Waals surface area contributed by atoms with Gasteiger partial charge in [0.05, 0.1) is 16.1 Å². The summed E-state index contributed by atoms with van der Waals surface area (Å²) in [6, 6.07) is 4.99. The lowest BCUT2D eigenvalue weighted by Gasteiger charge is -2.21. The van der Waals surface area contributed by atoms with Crippen molar-refractivity contribution in [3.8, 4) is 0 Å². The van der Waals surface area contributed by atoms with E-state index in [0.717, 1.165) is 12.0 Å². The molecule has 0 spiro atoms. The van der Waals surface area contributed by atoms with Gasteiger partial charge in [-0.15, -0.1) is 0 Å². The number of Topliss-reactive ketones (excluding diaryl/α,β-unsaturated/α-hetero) is 1. The van der Waals surface area contributed by atoms with Crippen LogP contribution in [0.3, 0.4) is 0 Å². The Labute approximate surface area is 133 Å². The maximum atomic E-state index is 12.3. The van der Waals surface area contributed by atoms with E-state index in [-0.39, 0.29) is 30.4 Å². The van der Waals surface area contributed by atoms with Crippen LogP contribution in [0.4, 0.5) is 0 Å². The minimum Gasteiger partial charge on any atom is -0.368 e. The summed E-state index contributed by atoms with van der Waals surface area (Å²) in [6.07, 6.45) is 1.58. The average Bonchev–Trinajstić information content (AvgIpc) is 3.03. The van der Waals surface area contributed by atoms with E-state index in [1.54, 1.807) is 17.0 Å². The van der Waals surface area contributed by atoms with Crippen molar-refractivity contribution in [3.05, 3.63) is 33.8 Å². The molecule has 0 saturated carbocycles. The van der Waals surface area contributed by atoms with Crippen molar-refractivity contribution < 1.29 is 14.3 Å². The van der Waals surface area contributed by atoms with E-state index in [0.29, 0.717) is 29.4 Å². The summed E-state index contributed by atoms with van der Waals surface area (Å²) in [5.41, 5.74) is 0.961. The number of rotatable bonds is 3. The lowest BCUT2D eigenvalue weighted by molar-refractivity contribution is -0.136. The van der Waals surface area contributed by atoms with Gasteiger partial charge in [-0.25, -0.2) is 0 Å². The molecular formula is C15H15Cl2NO3. The summed E-state index contributed by atoms with van der Waals surface area (Å²) in [5.74, 6) is 0.00723. The van der Waals surface area contributed by atoms with Gasteiger partial charge >= 0.3 is 0 Å². The largest absolute Gasteiger partial charge is 0.368 e. The number of amides is 1. The summed E-state index contributed by atoms with van der Waals surface area (Å²) >= 11 is 11.8. The van der Waals surface area contributed by atoms with Gasteiger partial charge in [0.2, 0.25) is 5.91 Å². The molecule has 3 rings (SSSR count). The van der Waals surface area contributed by atoms with E-state index in [4.69, 9.17) is 27.9 Å². The molecule has 0 aliphatic carbocycles. The number of hydrogen-bond acceptors (Lipinski definition) is 3. The first kappa shape index (κ1) is 14.8. The number of nitrogens with zero attached hydrogens (tertiary/aromatic N) is 1. The van der Waals surface area contributed by atoms with Gasteiger partial charge in [-0.05, 0) is 30.5 Å². The van der Waals surface area contributed by atoms with Crippen LogP contribution in [0.15, 0.2) is 18.2 Å². The maximum Gasteiger partial charge on any atom is 0.223 e. The quantitative estimate of drug-likeness (QED) is 0.856. The highest BCUT2D eigenvalue weighted by molar-refractivity contribution is 6.42. The summed E-state index contributed by atoms with van der Waals surface area (Å²) in [5, 5.41) is 0.991. The summed E-state index contributed by atoms with van der Waals surface area (Å²) < 4.78 is 5.39. The lowest BCUT2D eigenvalue weighted by Crippen LogP contribution is -2.42. The molecule has 2 fully saturated rings. The van der Waals surface area contributed by atoms with Crippen LogP contribution in [0.25, 0.3) is 0 Å². The maximum absolute atomic E-state index is 12.3. The molecule has 1 amide bonds. The van der Waals surface area contributed by atoms with Crippen molar-refractivity contribution in [2.24, 2.45) is 0 Å². The zero-order valence-electron chi connectivity index (χ0n) is 11.4. The Bertz CT molecular complexity index is 590. The monoisotopic (exact) mass is 327 g/mol. The van der Waals surface area contributed by atoms with Gasteiger partial charge in [0, 0.05) is 13.0 Å². The van der Waals surface area contributed by atoms with E-state index in [9.17, 15) is 9.59 Å². The smallest absolute Gasteiger partial charge is 0.223 e. The van der Waals surface area contributed by atoms with Crippen LogP contribution < -0.4 is 0 Å². The number of fused-ring (bicyclic) bond motifs is 1. The van der Waals surface area contributed by atoms with Gasteiger partial charge < -0.3 is 9.64 Å². The molecular weight excluding hydrogens is 313 g/mol. The van der Waals surface area contributed by atoms with E-state index < -0.39 is 0 Å². The molecule has 0 bridgehead atoms. The molecule has 2 aliphatic rings. The molecule has 2 saturated heterocycles. The molecule has 21 heavy (non-hydrogen) atoms. The van der Waals surface area contributed by atoms with Gasteiger partial charge in [-0.2, -0.15) is 0 Å². The number of aryl methyl sites for hydroxylation is 1. The number of ketones is 1. The highest BCUT2D eigenvalue weighted by Gasteiger charge is 2.46. The van der Waals surface area contributed by atoms with Crippen LogP contribution in [-0.4, -0.2) is 41.9 Å². The van der Waals surface area contributed by atoms with E-state index in [1.807, 2.05) is 6.07 Å². The van der Waals surface area contributed by atoms with Gasteiger partial charge in [-0.1, -0.05) is 29.3 Å². The zero-order valence-corrected chi connectivity index (χ0v) is 12.9. The molecule has 0 aromatic heterocycles. The van der Waals surface area contributed by atoms with Crippen molar-refractivity contribution in [1.82, 2.24) is 4.90 Å². The molecule has 1 aromatic carbocycles. The normalized spacial score (nSPS) is 24.5. The van der Waals surface area contributed by atoms with Crippen molar-refractivity contribution in [2.75, 3.05) is 13.2 Å². The molecule has 2 unspecified atom stereocenters. The summed E-state index contributed by atoms with van der Waals surface area (Å²) in [6.45, 7) is 0.729. The number of benzene rings is 1. The Balaban J connectivity index is 1.61. The van der Waals surface area contributed by atoms with Crippen LogP contribution in [0.2, 0.25) is 10.0 Å². The van der Waals surface area contributed by atoms with Gasteiger partial charge in [-0.3, -0.25) is 9.59 Å². The average molecular weight is 328 g/mol. The van der Waals surface area contributed by atoms with Crippen molar-refractivity contribution in [1.29, 1.82) is 0 Å². The third kappa shape index (κ3) is 2.93. The van der Waals surface area contributed by atoms with E-state index in [1.165, 1.54) is 0 Å². The van der Waals surface area contributed by atoms with Crippen molar-refractivity contribution in [3.63, 3.8) is 0 Å². The van der Waals surface area contributed by atoms with Gasteiger partial charge in [0.15, 0.2) is 5.78 Å². The molecule has 4 nitrogen and oxygen atoms in total. The fourth-order valence-corrected chi connectivity index (χ4v) is 3.28. The lowest BCUT2D eigenvalue weighted by atomic mass is 10.1. The van der Waals surface area contributed by atoms with E-state index >= 15 is 0 Å². The van der Waals surface area contributed by atoms with Crippen LogP contribution in [0.5, 0.6) is 0 Å². The second kappa shape index (κ2) is 5.95. The third-order valence-corrected chi connectivity index (χ3v) is 4.78. The minimum atomic E-state index is -0.369. The van der Waals surface area contributed by atoms with Gasteiger partial charge in [0.25, 0.3) is 0 Å². The topological polar surface area (TPSA) is 46.6 Å². The van der Waals surface area contributed by atoms with Crippen LogP contribution >= 0.6 is 23.2 Å². The van der Waals surface area contributed by atoms with Crippen LogP contribution in [0, 0.1) is 0 Å². The van der Waals surface area contributed by atoms with Crippen molar-refractivity contribution in [2.45, 2.75) is 31.4 Å². The minimum absolute atomic E-state index is 0.00702. The number of hydrogen-bond donors (Lipinski definition) is 0. The molecule has 1 aromatic rings. The number of ether oxygens (including phenoxy) is 1. The first-order chi connectivity index (χ1) is 10.1. The predicted octanol–water partition coefficient (Wildman–Crippen LogP) is 2.49. The molecule has 0 N–H and O–H groups in total. The van der Waals surface area contributed by atoms with Crippen LogP contribution in [-0.2, 0) is 20.7 Å².